The van der Waals surface area contributed by atoms with Crippen molar-refractivity contribution in [2.45, 2.75) is 38.3 Å². The molecule has 0 radical (unpaired) electrons. The lowest BCUT2D eigenvalue weighted by Crippen LogP contribution is -2.56. The standard InChI is InChI=1S/C13H23BrN2S/c1-6-13(2,16(4)5)11(15-3)9-10-7-8-12(14)17-10/h7-8,11,15H,6,9H2,1-5H3. The molecule has 0 saturated heterocycles. The van der Waals surface area contributed by atoms with Crippen molar-refractivity contribution < 1.29 is 0 Å². The van der Waals surface area contributed by atoms with Crippen molar-refractivity contribution in [2.75, 3.05) is 21.1 Å². The Hall–Kier alpha value is 0.1000. The van der Waals surface area contributed by atoms with Gasteiger partial charge in [0.2, 0.25) is 0 Å². The van der Waals surface area contributed by atoms with Gasteiger partial charge in [-0.2, -0.15) is 0 Å². The Morgan fingerprint density at radius 3 is 2.47 bits per heavy atom. The maximum atomic E-state index is 3.53. The summed E-state index contributed by atoms with van der Waals surface area (Å²) < 4.78 is 1.21. The number of nitrogens with one attached hydrogen (secondary N) is 1. The quantitative estimate of drug-likeness (QED) is 0.865. The van der Waals surface area contributed by atoms with Crippen LogP contribution in [0.5, 0.6) is 0 Å². The highest BCUT2D eigenvalue weighted by Crippen LogP contribution is 2.28. The molecule has 1 N–H and O–H groups in total. The first kappa shape index (κ1) is 15.2. The first-order chi connectivity index (χ1) is 7.93. The highest BCUT2D eigenvalue weighted by molar-refractivity contribution is 9.11. The van der Waals surface area contributed by atoms with E-state index in [4.69, 9.17) is 0 Å². The Morgan fingerprint density at radius 1 is 1.47 bits per heavy atom. The van der Waals surface area contributed by atoms with Crippen LogP contribution in [0.4, 0.5) is 0 Å². The molecule has 0 saturated carbocycles. The number of halogens is 1. The van der Waals surface area contributed by atoms with E-state index in [1.807, 2.05) is 11.3 Å². The summed E-state index contributed by atoms with van der Waals surface area (Å²) in [6, 6.07) is 4.81. The van der Waals surface area contributed by atoms with Crippen LogP contribution in [0.15, 0.2) is 15.9 Å². The monoisotopic (exact) mass is 318 g/mol. The van der Waals surface area contributed by atoms with E-state index in [0.29, 0.717) is 6.04 Å². The Bertz CT molecular complexity index is 351. The molecule has 1 aromatic rings. The van der Waals surface area contributed by atoms with Gasteiger partial charge in [0.05, 0.1) is 3.79 Å². The number of hydrogen-bond donors (Lipinski definition) is 1. The first-order valence-electron chi connectivity index (χ1n) is 6.03. The Balaban J connectivity index is 2.83. The summed E-state index contributed by atoms with van der Waals surface area (Å²) in [5, 5.41) is 3.48. The van der Waals surface area contributed by atoms with E-state index < -0.39 is 0 Å². The summed E-state index contributed by atoms with van der Waals surface area (Å²) in [7, 11) is 6.39. The van der Waals surface area contributed by atoms with Gasteiger partial charge in [-0.05, 0) is 69.0 Å². The van der Waals surface area contributed by atoms with Crippen LogP contribution in [0.1, 0.15) is 25.1 Å². The fourth-order valence-corrected chi connectivity index (χ4v) is 3.70. The third kappa shape index (κ3) is 3.53. The largest absolute Gasteiger partial charge is 0.315 e. The molecule has 2 unspecified atom stereocenters. The van der Waals surface area contributed by atoms with Crippen LogP contribution >= 0.6 is 27.3 Å². The Morgan fingerprint density at radius 2 is 2.12 bits per heavy atom. The minimum absolute atomic E-state index is 0.186. The van der Waals surface area contributed by atoms with Gasteiger partial charge in [-0.15, -0.1) is 11.3 Å². The van der Waals surface area contributed by atoms with E-state index >= 15 is 0 Å². The molecule has 98 valence electrons. The second kappa shape index (κ2) is 6.32. The normalized spacial score (nSPS) is 17.1. The van der Waals surface area contributed by atoms with E-state index in [1.54, 1.807) is 0 Å². The lowest BCUT2D eigenvalue weighted by molar-refractivity contribution is 0.117. The highest BCUT2D eigenvalue weighted by atomic mass is 79.9. The maximum Gasteiger partial charge on any atom is 0.0701 e. The van der Waals surface area contributed by atoms with Gasteiger partial charge in [0.25, 0.3) is 0 Å². The SMILES string of the molecule is CCC(C)(C(Cc1ccc(Br)s1)NC)N(C)C. The van der Waals surface area contributed by atoms with E-state index in [2.05, 4.69) is 73.3 Å². The van der Waals surface area contributed by atoms with Gasteiger partial charge in [-0.3, -0.25) is 0 Å². The summed E-state index contributed by atoms with van der Waals surface area (Å²) in [5.74, 6) is 0. The molecule has 1 rings (SSSR count). The van der Waals surface area contributed by atoms with Crippen LogP contribution in [-0.2, 0) is 6.42 Å². The topological polar surface area (TPSA) is 15.3 Å². The molecular weight excluding hydrogens is 296 g/mol. The molecule has 0 aliphatic rings. The third-order valence-electron chi connectivity index (χ3n) is 3.87. The predicted molar refractivity (Wildman–Crippen MR) is 81.0 cm³/mol. The molecule has 0 bridgehead atoms. The van der Waals surface area contributed by atoms with Gasteiger partial charge in [0.15, 0.2) is 0 Å². The van der Waals surface area contributed by atoms with Crippen LogP contribution in [0.25, 0.3) is 0 Å². The van der Waals surface area contributed by atoms with Crippen molar-refractivity contribution in [3.05, 3.63) is 20.8 Å². The van der Waals surface area contributed by atoms with Gasteiger partial charge in [0.1, 0.15) is 0 Å². The van der Waals surface area contributed by atoms with Crippen LogP contribution in [-0.4, -0.2) is 37.6 Å². The zero-order valence-corrected chi connectivity index (χ0v) is 13.8. The second-order valence-corrected chi connectivity index (χ2v) is 7.40. The molecule has 0 amide bonds. The number of thiophene rings is 1. The summed E-state index contributed by atoms with van der Waals surface area (Å²) in [4.78, 5) is 3.76. The summed E-state index contributed by atoms with van der Waals surface area (Å²) in [6.07, 6.45) is 2.22. The molecule has 2 nitrogen and oxygen atoms in total. The summed E-state index contributed by atoms with van der Waals surface area (Å²) in [6.45, 7) is 4.59. The second-order valence-electron chi connectivity index (χ2n) is 4.86. The lowest BCUT2D eigenvalue weighted by atomic mass is 9.85. The first-order valence-corrected chi connectivity index (χ1v) is 7.64. The molecule has 0 aromatic carbocycles. The average molecular weight is 319 g/mol. The maximum absolute atomic E-state index is 3.53. The number of rotatable bonds is 6. The minimum atomic E-state index is 0.186. The van der Waals surface area contributed by atoms with E-state index in [1.165, 1.54) is 8.66 Å². The summed E-state index contributed by atoms with van der Waals surface area (Å²) >= 11 is 5.36. The Kier molecular flexibility index (Phi) is 5.64. The summed E-state index contributed by atoms with van der Waals surface area (Å²) in [5.41, 5.74) is 0.186. The zero-order chi connectivity index (χ0) is 13.1. The van der Waals surface area contributed by atoms with Gasteiger partial charge in [-0.1, -0.05) is 6.92 Å². The number of nitrogens with zero attached hydrogens (tertiary/aromatic N) is 1. The highest BCUT2D eigenvalue weighted by Gasteiger charge is 2.33. The molecule has 0 aliphatic heterocycles. The van der Waals surface area contributed by atoms with Crippen molar-refractivity contribution in [3.8, 4) is 0 Å². The van der Waals surface area contributed by atoms with Crippen LogP contribution in [0.3, 0.4) is 0 Å². The minimum Gasteiger partial charge on any atom is -0.315 e. The van der Waals surface area contributed by atoms with Crippen molar-refractivity contribution in [1.82, 2.24) is 10.2 Å². The molecule has 1 heterocycles. The lowest BCUT2D eigenvalue weighted by Gasteiger charge is -2.42. The van der Waals surface area contributed by atoms with E-state index in [-0.39, 0.29) is 5.54 Å². The molecule has 0 aliphatic carbocycles. The van der Waals surface area contributed by atoms with Gasteiger partial charge in [0, 0.05) is 16.5 Å². The number of likely N-dealkylation sites (N-methyl/N-ethyl adjacent to an activating group) is 2. The molecular formula is C13H23BrN2S. The van der Waals surface area contributed by atoms with Gasteiger partial charge >= 0.3 is 0 Å². The molecule has 2 atom stereocenters. The molecule has 0 fully saturated rings. The molecule has 0 spiro atoms. The molecule has 4 heteroatoms. The van der Waals surface area contributed by atoms with Crippen LogP contribution in [0.2, 0.25) is 0 Å². The van der Waals surface area contributed by atoms with Gasteiger partial charge < -0.3 is 10.2 Å². The number of hydrogen-bond acceptors (Lipinski definition) is 3. The molecule has 17 heavy (non-hydrogen) atoms. The van der Waals surface area contributed by atoms with Crippen molar-refractivity contribution >= 4 is 27.3 Å². The van der Waals surface area contributed by atoms with Crippen LogP contribution in [0, 0.1) is 0 Å². The smallest absolute Gasteiger partial charge is 0.0701 e. The van der Waals surface area contributed by atoms with Crippen LogP contribution < -0.4 is 5.32 Å². The van der Waals surface area contributed by atoms with Gasteiger partial charge in [-0.25, -0.2) is 0 Å². The predicted octanol–water partition coefficient (Wildman–Crippen LogP) is 3.37. The average Bonchev–Trinajstić information content (AvgIpc) is 2.70. The molecule has 1 aromatic heterocycles. The fourth-order valence-electron chi connectivity index (χ4n) is 2.17. The van der Waals surface area contributed by atoms with E-state index in [0.717, 1.165) is 12.8 Å². The fraction of sp³-hybridized carbons (Fsp3) is 0.692. The van der Waals surface area contributed by atoms with E-state index in [9.17, 15) is 0 Å². The van der Waals surface area contributed by atoms with Crippen molar-refractivity contribution in [3.63, 3.8) is 0 Å². The third-order valence-corrected chi connectivity index (χ3v) is 5.52. The van der Waals surface area contributed by atoms with Crippen molar-refractivity contribution in [1.29, 1.82) is 0 Å². The zero-order valence-electron chi connectivity index (χ0n) is 11.4. The Labute approximate surface area is 118 Å². The van der Waals surface area contributed by atoms with Crippen molar-refractivity contribution in [2.24, 2.45) is 0 Å².